The third-order valence-corrected chi connectivity index (χ3v) is 3.45. The molecule has 0 spiro atoms. The third kappa shape index (κ3) is 2.53. The number of alkyl halides is 3. The van der Waals surface area contributed by atoms with Gasteiger partial charge >= 0.3 is 6.18 Å². The molecule has 0 saturated heterocycles. The first kappa shape index (κ1) is 13.7. The van der Waals surface area contributed by atoms with Gasteiger partial charge in [0.25, 0.3) is 0 Å². The minimum atomic E-state index is -4.60. The highest BCUT2D eigenvalue weighted by molar-refractivity contribution is 5.56. The van der Waals surface area contributed by atoms with E-state index in [-0.39, 0.29) is 11.9 Å². The monoisotopic (exact) mass is 272 g/mol. The van der Waals surface area contributed by atoms with Crippen molar-refractivity contribution in [1.29, 1.82) is 5.26 Å². The molecule has 104 valence electrons. The molecule has 1 aromatic heterocycles. The fraction of sp³-hybridized carbons (Fsp3) is 0.667. The van der Waals surface area contributed by atoms with Crippen molar-refractivity contribution >= 4 is 5.82 Å². The molecular formula is C12H15F3N4. The van der Waals surface area contributed by atoms with Gasteiger partial charge in [-0.1, -0.05) is 19.3 Å². The fourth-order valence-electron chi connectivity index (χ4n) is 2.57. The number of anilines is 1. The molecule has 1 aliphatic carbocycles. The van der Waals surface area contributed by atoms with Crippen molar-refractivity contribution in [2.45, 2.75) is 44.3 Å². The quantitative estimate of drug-likeness (QED) is 0.898. The van der Waals surface area contributed by atoms with Crippen molar-refractivity contribution in [3.05, 3.63) is 11.3 Å². The minimum Gasteiger partial charge on any atom is -0.372 e. The molecule has 1 heterocycles. The Bertz CT molecular complexity index is 492. The number of hydrogen-bond acceptors (Lipinski definition) is 3. The number of rotatable bonds is 2. The van der Waals surface area contributed by atoms with Gasteiger partial charge in [0.2, 0.25) is 0 Å². The zero-order chi connectivity index (χ0) is 14.0. The van der Waals surface area contributed by atoms with Gasteiger partial charge in [-0.2, -0.15) is 23.5 Å². The molecular weight excluding hydrogens is 257 g/mol. The van der Waals surface area contributed by atoms with Crippen LogP contribution in [-0.2, 0) is 6.18 Å². The molecule has 1 fully saturated rings. The first-order chi connectivity index (χ1) is 8.99. The summed E-state index contributed by atoms with van der Waals surface area (Å²) in [5.74, 6) is 0.168. The van der Waals surface area contributed by atoms with Crippen molar-refractivity contribution in [1.82, 2.24) is 9.78 Å². The summed E-state index contributed by atoms with van der Waals surface area (Å²) in [5, 5.41) is 15.3. The van der Waals surface area contributed by atoms with E-state index < -0.39 is 17.4 Å². The lowest BCUT2D eigenvalue weighted by Crippen LogP contribution is -2.17. The average molecular weight is 272 g/mol. The molecule has 4 nitrogen and oxygen atoms in total. The lowest BCUT2D eigenvalue weighted by Gasteiger charge is -2.23. The zero-order valence-corrected chi connectivity index (χ0v) is 10.6. The van der Waals surface area contributed by atoms with Crippen molar-refractivity contribution in [2.75, 3.05) is 12.4 Å². The molecule has 0 radical (unpaired) electrons. The van der Waals surface area contributed by atoms with E-state index in [4.69, 9.17) is 5.26 Å². The second-order valence-electron chi connectivity index (χ2n) is 4.67. The van der Waals surface area contributed by atoms with Crippen molar-refractivity contribution in [3.63, 3.8) is 0 Å². The molecule has 1 saturated carbocycles. The lowest BCUT2D eigenvalue weighted by atomic mass is 9.95. The van der Waals surface area contributed by atoms with Gasteiger partial charge in [0, 0.05) is 7.05 Å². The van der Waals surface area contributed by atoms with Crippen LogP contribution >= 0.6 is 0 Å². The van der Waals surface area contributed by atoms with Crippen LogP contribution in [0.25, 0.3) is 0 Å². The van der Waals surface area contributed by atoms with Crippen LogP contribution in [-0.4, -0.2) is 16.8 Å². The largest absolute Gasteiger partial charge is 0.436 e. The van der Waals surface area contributed by atoms with E-state index in [1.807, 2.05) is 0 Å². The Balaban J connectivity index is 2.49. The van der Waals surface area contributed by atoms with Gasteiger partial charge in [-0.3, -0.25) is 0 Å². The molecule has 0 atom stereocenters. The van der Waals surface area contributed by atoms with Crippen LogP contribution in [0.2, 0.25) is 0 Å². The fourth-order valence-corrected chi connectivity index (χ4v) is 2.57. The molecule has 0 amide bonds. The second kappa shape index (κ2) is 5.11. The van der Waals surface area contributed by atoms with Crippen LogP contribution in [0, 0.1) is 11.3 Å². The summed E-state index contributed by atoms with van der Waals surface area (Å²) < 4.78 is 40.0. The lowest BCUT2D eigenvalue weighted by molar-refractivity contribution is -0.141. The van der Waals surface area contributed by atoms with Crippen LogP contribution in [0.4, 0.5) is 19.0 Å². The van der Waals surface area contributed by atoms with Crippen molar-refractivity contribution < 1.29 is 13.2 Å². The second-order valence-corrected chi connectivity index (χ2v) is 4.67. The van der Waals surface area contributed by atoms with E-state index in [1.54, 1.807) is 6.07 Å². The van der Waals surface area contributed by atoms with Gasteiger partial charge in [0.15, 0.2) is 5.69 Å². The Morgan fingerprint density at radius 1 is 1.32 bits per heavy atom. The van der Waals surface area contributed by atoms with E-state index in [0.29, 0.717) is 0 Å². The molecule has 19 heavy (non-hydrogen) atoms. The molecule has 1 N–H and O–H groups in total. The molecule has 0 bridgehead atoms. The van der Waals surface area contributed by atoms with E-state index in [2.05, 4.69) is 10.4 Å². The smallest absolute Gasteiger partial charge is 0.372 e. The Labute approximate surface area is 109 Å². The molecule has 1 aliphatic rings. The SMILES string of the molecule is CNc1c(C#N)c(C(F)(F)F)nn1C1CCCCC1. The van der Waals surface area contributed by atoms with Crippen LogP contribution in [0.5, 0.6) is 0 Å². The van der Waals surface area contributed by atoms with Gasteiger partial charge in [-0.05, 0) is 12.8 Å². The standard InChI is InChI=1S/C12H15F3N4/c1-17-11-9(7-16)10(12(13,14)15)18-19(11)8-5-3-2-4-6-8/h8,17H,2-6H2,1H3. The number of halogens is 3. The van der Waals surface area contributed by atoms with Gasteiger partial charge in [0.1, 0.15) is 17.5 Å². The van der Waals surface area contributed by atoms with Gasteiger partial charge in [0.05, 0.1) is 6.04 Å². The predicted molar refractivity (Wildman–Crippen MR) is 63.6 cm³/mol. The maximum Gasteiger partial charge on any atom is 0.436 e. The zero-order valence-electron chi connectivity index (χ0n) is 10.6. The Hall–Kier alpha value is -1.71. The summed E-state index contributed by atoms with van der Waals surface area (Å²) in [6, 6.07) is 1.56. The van der Waals surface area contributed by atoms with Crippen LogP contribution < -0.4 is 5.32 Å². The number of nitrogens with one attached hydrogen (secondary N) is 1. The number of nitrogens with zero attached hydrogens (tertiary/aromatic N) is 3. The van der Waals surface area contributed by atoms with E-state index in [1.165, 1.54) is 11.7 Å². The first-order valence-electron chi connectivity index (χ1n) is 6.26. The van der Waals surface area contributed by atoms with E-state index >= 15 is 0 Å². The van der Waals surface area contributed by atoms with Crippen LogP contribution in [0.15, 0.2) is 0 Å². The summed E-state index contributed by atoms with van der Waals surface area (Å²) in [6.45, 7) is 0. The summed E-state index contributed by atoms with van der Waals surface area (Å²) in [7, 11) is 1.51. The molecule has 0 aromatic carbocycles. The maximum absolute atomic E-state index is 12.9. The van der Waals surface area contributed by atoms with Gasteiger partial charge < -0.3 is 5.32 Å². The highest BCUT2D eigenvalue weighted by atomic mass is 19.4. The first-order valence-corrected chi connectivity index (χ1v) is 6.26. The molecule has 0 unspecified atom stereocenters. The Morgan fingerprint density at radius 3 is 2.42 bits per heavy atom. The summed E-state index contributed by atoms with van der Waals surface area (Å²) in [6.07, 6.45) is 0.0748. The normalized spacial score (nSPS) is 17.2. The Kier molecular flexibility index (Phi) is 3.69. The number of nitriles is 1. The van der Waals surface area contributed by atoms with Gasteiger partial charge in [-0.25, -0.2) is 4.68 Å². The molecule has 2 rings (SSSR count). The van der Waals surface area contributed by atoms with E-state index in [0.717, 1.165) is 32.1 Å². The maximum atomic E-state index is 12.9. The van der Waals surface area contributed by atoms with Crippen molar-refractivity contribution in [2.24, 2.45) is 0 Å². The highest BCUT2D eigenvalue weighted by Gasteiger charge is 2.40. The summed E-state index contributed by atoms with van der Waals surface area (Å²) >= 11 is 0. The molecule has 1 aromatic rings. The minimum absolute atomic E-state index is 0.0561. The number of aromatic nitrogens is 2. The van der Waals surface area contributed by atoms with Crippen molar-refractivity contribution in [3.8, 4) is 6.07 Å². The van der Waals surface area contributed by atoms with Gasteiger partial charge in [-0.15, -0.1) is 0 Å². The van der Waals surface area contributed by atoms with E-state index in [9.17, 15) is 13.2 Å². The molecule has 0 aliphatic heterocycles. The topological polar surface area (TPSA) is 53.6 Å². The van der Waals surface area contributed by atoms with Crippen LogP contribution in [0.1, 0.15) is 49.4 Å². The number of hydrogen-bond donors (Lipinski definition) is 1. The molecule has 7 heteroatoms. The summed E-state index contributed by atoms with van der Waals surface area (Å²) in [5.41, 5.74) is -1.51. The summed E-state index contributed by atoms with van der Waals surface area (Å²) in [4.78, 5) is 0. The average Bonchev–Trinajstić information content (AvgIpc) is 2.78. The highest BCUT2D eigenvalue weighted by Crippen LogP contribution is 2.38. The predicted octanol–water partition coefficient (Wildman–Crippen LogP) is 3.32. The Morgan fingerprint density at radius 2 is 1.95 bits per heavy atom. The van der Waals surface area contributed by atoms with Crippen LogP contribution in [0.3, 0.4) is 0 Å². The third-order valence-electron chi connectivity index (χ3n) is 3.45.